The molecule has 5 rings (SSSR count). The third-order valence-electron chi connectivity index (χ3n) is 4.69. The maximum absolute atomic E-state index is 13.6. The van der Waals surface area contributed by atoms with Crippen LogP contribution < -0.4 is 14.4 Å². The van der Waals surface area contributed by atoms with Gasteiger partial charge in [-0.2, -0.15) is 0 Å². The van der Waals surface area contributed by atoms with Gasteiger partial charge in [0.2, 0.25) is 0 Å². The summed E-state index contributed by atoms with van der Waals surface area (Å²) in [6.07, 6.45) is 3.35. The van der Waals surface area contributed by atoms with Crippen LogP contribution in [0.25, 0.3) is 10.2 Å². The number of halogens is 1. The normalized spacial score (nSPS) is 12.7. The van der Waals surface area contributed by atoms with E-state index in [1.54, 1.807) is 41.6 Å². The van der Waals surface area contributed by atoms with Gasteiger partial charge >= 0.3 is 0 Å². The maximum atomic E-state index is 13.6. The Morgan fingerprint density at radius 2 is 1.83 bits per heavy atom. The Kier molecular flexibility index (Phi) is 4.76. The molecular weight excluding hydrogens is 405 g/mol. The highest BCUT2D eigenvalue weighted by molar-refractivity contribution is 7.22. The van der Waals surface area contributed by atoms with Gasteiger partial charge in [-0.15, -0.1) is 0 Å². The van der Waals surface area contributed by atoms with E-state index in [2.05, 4.69) is 9.97 Å². The molecule has 6 nitrogen and oxygen atoms in total. The fourth-order valence-corrected chi connectivity index (χ4v) is 4.22. The molecule has 0 saturated carbocycles. The van der Waals surface area contributed by atoms with Crippen molar-refractivity contribution in [3.05, 3.63) is 77.9 Å². The highest BCUT2D eigenvalue weighted by atomic mass is 32.1. The SMILES string of the molecule is O=C(c1ccc2c(c1)OCCO2)N(Cc1ccncc1)c1nc2ccc(F)cc2s1. The average Bonchev–Trinajstić information content (AvgIpc) is 3.20. The number of hydrogen-bond donors (Lipinski definition) is 0. The summed E-state index contributed by atoms with van der Waals surface area (Å²) < 4.78 is 25.5. The second-order valence-corrected chi connectivity index (χ2v) is 7.72. The Morgan fingerprint density at radius 1 is 1.03 bits per heavy atom. The molecule has 2 aromatic heterocycles. The number of carbonyl (C=O) groups is 1. The Hall–Kier alpha value is -3.52. The van der Waals surface area contributed by atoms with Crippen LogP contribution in [0.2, 0.25) is 0 Å². The molecule has 0 spiro atoms. The highest BCUT2D eigenvalue weighted by Crippen LogP contribution is 2.34. The number of pyridine rings is 1. The number of benzene rings is 2. The predicted octanol–water partition coefficient (Wildman–Crippen LogP) is 4.45. The number of rotatable bonds is 4. The van der Waals surface area contributed by atoms with Crippen molar-refractivity contribution < 1.29 is 18.7 Å². The van der Waals surface area contributed by atoms with Crippen LogP contribution in [0.5, 0.6) is 11.5 Å². The number of thiazole rings is 1. The fraction of sp³-hybridized carbons (Fsp3) is 0.136. The van der Waals surface area contributed by atoms with Crippen LogP contribution in [0, 0.1) is 5.82 Å². The minimum atomic E-state index is -0.337. The van der Waals surface area contributed by atoms with E-state index in [0.29, 0.717) is 52.2 Å². The van der Waals surface area contributed by atoms with Crippen molar-refractivity contribution in [2.75, 3.05) is 18.1 Å². The van der Waals surface area contributed by atoms with Gasteiger partial charge in [-0.3, -0.25) is 14.7 Å². The van der Waals surface area contributed by atoms with E-state index in [1.165, 1.54) is 23.5 Å². The minimum Gasteiger partial charge on any atom is -0.486 e. The molecule has 0 saturated heterocycles. The van der Waals surface area contributed by atoms with Crippen molar-refractivity contribution in [1.29, 1.82) is 0 Å². The van der Waals surface area contributed by atoms with Gasteiger partial charge in [0.15, 0.2) is 16.6 Å². The summed E-state index contributed by atoms with van der Waals surface area (Å²) in [5.41, 5.74) is 2.01. The van der Waals surface area contributed by atoms with Gasteiger partial charge in [0.05, 0.1) is 16.8 Å². The predicted molar refractivity (Wildman–Crippen MR) is 112 cm³/mol. The number of amides is 1. The van der Waals surface area contributed by atoms with E-state index in [0.717, 1.165) is 5.56 Å². The highest BCUT2D eigenvalue weighted by Gasteiger charge is 2.24. The first-order valence-corrected chi connectivity index (χ1v) is 10.2. The topological polar surface area (TPSA) is 64.6 Å². The number of nitrogens with zero attached hydrogens (tertiary/aromatic N) is 3. The molecule has 1 amide bonds. The number of ether oxygens (including phenoxy) is 2. The summed E-state index contributed by atoms with van der Waals surface area (Å²) >= 11 is 1.27. The van der Waals surface area contributed by atoms with Crippen LogP contribution in [0.3, 0.4) is 0 Å². The summed E-state index contributed by atoms with van der Waals surface area (Å²) in [5, 5.41) is 0.493. The lowest BCUT2D eigenvalue weighted by molar-refractivity contribution is 0.0984. The first-order chi connectivity index (χ1) is 14.7. The van der Waals surface area contributed by atoms with Crippen LogP contribution in [0.4, 0.5) is 9.52 Å². The third-order valence-corrected chi connectivity index (χ3v) is 5.74. The van der Waals surface area contributed by atoms with E-state index in [4.69, 9.17) is 9.47 Å². The summed E-state index contributed by atoms with van der Waals surface area (Å²) in [6.45, 7) is 1.23. The summed E-state index contributed by atoms with van der Waals surface area (Å²) in [5.74, 6) is 0.594. The fourth-order valence-electron chi connectivity index (χ4n) is 3.23. The second-order valence-electron chi connectivity index (χ2n) is 6.71. The van der Waals surface area contributed by atoms with Gasteiger partial charge in [-0.1, -0.05) is 11.3 Å². The van der Waals surface area contributed by atoms with Gasteiger partial charge < -0.3 is 9.47 Å². The van der Waals surface area contributed by atoms with Crippen molar-refractivity contribution >= 4 is 32.6 Å². The molecule has 0 atom stereocenters. The molecule has 0 aliphatic carbocycles. The molecular formula is C22H16FN3O3S. The maximum Gasteiger partial charge on any atom is 0.260 e. The van der Waals surface area contributed by atoms with Crippen LogP contribution in [-0.4, -0.2) is 29.1 Å². The molecule has 1 aliphatic heterocycles. The first kappa shape index (κ1) is 18.5. The molecule has 8 heteroatoms. The third kappa shape index (κ3) is 3.57. The summed E-state index contributed by atoms with van der Waals surface area (Å²) in [6, 6.07) is 13.2. The zero-order valence-corrected chi connectivity index (χ0v) is 16.6. The van der Waals surface area contributed by atoms with Crippen LogP contribution in [0.15, 0.2) is 60.9 Å². The summed E-state index contributed by atoms with van der Waals surface area (Å²) in [4.78, 5) is 23.7. The second kappa shape index (κ2) is 7.72. The molecule has 4 aromatic rings. The molecule has 0 radical (unpaired) electrons. The van der Waals surface area contributed by atoms with Gasteiger partial charge in [-0.05, 0) is 54.1 Å². The Morgan fingerprint density at radius 3 is 2.67 bits per heavy atom. The van der Waals surface area contributed by atoms with E-state index in [9.17, 15) is 9.18 Å². The Balaban J connectivity index is 1.55. The molecule has 2 aromatic carbocycles. The molecule has 3 heterocycles. The molecule has 0 bridgehead atoms. The lowest BCUT2D eigenvalue weighted by Gasteiger charge is -2.22. The van der Waals surface area contributed by atoms with Crippen LogP contribution in [0.1, 0.15) is 15.9 Å². The monoisotopic (exact) mass is 421 g/mol. The van der Waals surface area contributed by atoms with E-state index in [1.807, 2.05) is 12.1 Å². The number of aromatic nitrogens is 2. The van der Waals surface area contributed by atoms with Gasteiger partial charge in [0, 0.05) is 18.0 Å². The standard InChI is InChI=1S/C22H16FN3O3S/c23-16-2-3-17-20(12-16)30-22(25-17)26(13-14-5-7-24-8-6-14)21(27)15-1-4-18-19(11-15)29-10-9-28-18/h1-8,11-12H,9-10,13H2. The molecule has 150 valence electrons. The van der Waals surface area contributed by atoms with Crippen molar-refractivity contribution in [2.45, 2.75) is 6.54 Å². The van der Waals surface area contributed by atoms with E-state index >= 15 is 0 Å². The molecule has 1 aliphatic rings. The zero-order chi connectivity index (χ0) is 20.5. The van der Waals surface area contributed by atoms with Crippen LogP contribution >= 0.6 is 11.3 Å². The van der Waals surface area contributed by atoms with Crippen molar-refractivity contribution in [2.24, 2.45) is 0 Å². The average molecular weight is 421 g/mol. The number of carbonyl (C=O) groups excluding carboxylic acids is 1. The number of hydrogen-bond acceptors (Lipinski definition) is 6. The largest absolute Gasteiger partial charge is 0.486 e. The van der Waals surface area contributed by atoms with Crippen molar-refractivity contribution in [3.8, 4) is 11.5 Å². The van der Waals surface area contributed by atoms with Crippen molar-refractivity contribution in [3.63, 3.8) is 0 Å². The molecule has 30 heavy (non-hydrogen) atoms. The van der Waals surface area contributed by atoms with Crippen LogP contribution in [-0.2, 0) is 6.54 Å². The Labute approximate surface area is 175 Å². The van der Waals surface area contributed by atoms with Gasteiger partial charge in [0.25, 0.3) is 5.91 Å². The lowest BCUT2D eigenvalue weighted by Crippen LogP contribution is -2.30. The number of fused-ring (bicyclic) bond motifs is 2. The molecule has 0 N–H and O–H groups in total. The summed E-state index contributed by atoms with van der Waals surface area (Å²) in [7, 11) is 0. The van der Waals surface area contributed by atoms with E-state index < -0.39 is 0 Å². The lowest BCUT2D eigenvalue weighted by atomic mass is 10.1. The van der Waals surface area contributed by atoms with Gasteiger partial charge in [-0.25, -0.2) is 9.37 Å². The zero-order valence-electron chi connectivity index (χ0n) is 15.7. The van der Waals surface area contributed by atoms with Crippen molar-refractivity contribution in [1.82, 2.24) is 9.97 Å². The smallest absolute Gasteiger partial charge is 0.260 e. The molecule has 0 unspecified atom stereocenters. The van der Waals surface area contributed by atoms with Gasteiger partial charge in [0.1, 0.15) is 19.0 Å². The first-order valence-electron chi connectivity index (χ1n) is 9.34. The quantitative estimate of drug-likeness (QED) is 0.487. The molecule has 0 fully saturated rings. The van der Waals surface area contributed by atoms with E-state index in [-0.39, 0.29) is 11.7 Å². The minimum absolute atomic E-state index is 0.233. The number of anilines is 1. The Bertz CT molecular complexity index is 1230.